The molecule has 0 saturated carbocycles. The van der Waals surface area contributed by atoms with Crippen LogP contribution in [-0.2, 0) is 11.3 Å². The number of fused-ring (bicyclic) bond motifs is 2. The van der Waals surface area contributed by atoms with Crippen LogP contribution >= 0.6 is 0 Å². The summed E-state index contributed by atoms with van der Waals surface area (Å²) in [6, 6.07) is 8.01. The summed E-state index contributed by atoms with van der Waals surface area (Å²) < 4.78 is 1.60. The van der Waals surface area contributed by atoms with E-state index in [2.05, 4.69) is 58.1 Å². The zero-order valence-corrected chi connectivity index (χ0v) is 20.2. The molecule has 1 unspecified atom stereocenters. The summed E-state index contributed by atoms with van der Waals surface area (Å²) in [6.45, 7) is 7.03. The molecule has 5 heterocycles. The van der Waals surface area contributed by atoms with Gasteiger partial charge < -0.3 is 20.4 Å². The van der Waals surface area contributed by atoms with Crippen LogP contribution in [0.25, 0.3) is 22.3 Å². The van der Waals surface area contributed by atoms with Crippen LogP contribution in [0.2, 0.25) is 0 Å². The van der Waals surface area contributed by atoms with Gasteiger partial charge in [0.05, 0.1) is 23.3 Å². The van der Waals surface area contributed by atoms with Gasteiger partial charge in [-0.1, -0.05) is 5.10 Å². The highest BCUT2D eigenvalue weighted by molar-refractivity contribution is 6.06. The van der Waals surface area contributed by atoms with E-state index in [0.29, 0.717) is 35.5 Å². The number of nitrogens with zero attached hydrogens (tertiary/aromatic N) is 9. The number of hydrogen-bond donors (Lipinski definition) is 3. The van der Waals surface area contributed by atoms with Gasteiger partial charge in [0.1, 0.15) is 17.8 Å². The summed E-state index contributed by atoms with van der Waals surface area (Å²) in [4.78, 5) is 26.2. The number of benzene rings is 1. The van der Waals surface area contributed by atoms with Crippen LogP contribution in [0.1, 0.15) is 13.8 Å². The van der Waals surface area contributed by atoms with Gasteiger partial charge in [-0.2, -0.15) is 5.10 Å². The van der Waals surface area contributed by atoms with Crippen LogP contribution in [0, 0.1) is 0 Å². The number of amides is 1. The van der Waals surface area contributed by atoms with Gasteiger partial charge in [0, 0.05) is 55.6 Å². The van der Waals surface area contributed by atoms with Crippen molar-refractivity contribution in [3.05, 3.63) is 41.9 Å². The molecule has 6 rings (SSSR count). The van der Waals surface area contributed by atoms with Crippen LogP contribution < -0.4 is 20.4 Å². The number of anilines is 3. The van der Waals surface area contributed by atoms with Crippen molar-refractivity contribution in [1.29, 1.82) is 0 Å². The molecule has 4 aromatic rings. The minimum absolute atomic E-state index is 0.206. The zero-order valence-electron chi connectivity index (χ0n) is 20.2. The first kappa shape index (κ1) is 22.1. The van der Waals surface area contributed by atoms with E-state index in [0.717, 1.165) is 47.7 Å². The molecule has 2 aliphatic heterocycles. The SMILES string of the molecule is CC1=C(C(=O)Nc2ccc3[nH]nc(-c4cc(N5CCNC(C)C5)ncn4)c3c2)Cn2nnnc2N1C. The number of carbonyl (C=O) groups excluding carboxylic acids is 1. The smallest absolute Gasteiger partial charge is 0.255 e. The third-order valence-corrected chi connectivity index (χ3v) is 6.74. The molecule has 13 nitrogen and oxygen atoms in total. The maximum atomic E-state index is 13.2. The molecular formula is C23H26N12O. The molecule has 0 bridgehead atoms. The molecule has 36 heavy (non-hydrogen) atoms. The largest absolute Gasteiger partial charge is 0.354 e. The summed E-state index contributed by atoms with van der Waals surface area (Å²) in [5.74, 6) is 1.27. The predicted octanol–water partition coefficient (Wildman–Crippen LogP) is 1.17. The molecular weight excluding hydrogens is 460 g/mol. The van der Waals surface area contributed by atoms with Gasteiger partial charge in [-0.05, 0) is 42.5 Å². The highest BCUT2D eigenvalue weighted by Gasteiger charge is 2.27. The second kappa shape index (κ2) is 8.68. The van der Waals surface area contributed by atoms with Crippen LogP contribution in [0.15, 0.2) is 41.9 Å². The second-order valence-electron chi connectivity index (χ2n) is 9.11. The summed E-state index contributed by atoms with van der Waals surface area (Å²) in [6.07, 6.45) is 1.57. The fourth-order valence-electron chi connectivity index (χ4n) is 4.68. The van der Waals surface area contributed by atoms with E-state index in [1.807, 2.05) is 43.1 Å². The Labute approximate surface area is 206 Å². The number of hydrogen-bond acceptors (Lipinski definition) is 10. The average Bonchev–Trinajstić information content (AvgIpc) is 3.53. The Balaban J connectivity index is 1.28. The number of tetrazole rings is 1. The van der Waals surface area contributed by atoms with Gasteiger partial charge in [-0.25, -0.2) is 14.6 Å². The predicted molar refractivity (Wildman–Crippen MR) is 134 cm³/mol. The highest BCUT2D eigenvalue weighted by atomic mass is 16.1. The average molecular weight is 487 g/mol. The lowest BCUT2D eigenvalue weighted by molar-refractivity contribution is -0.113. The van der Waals surface area contributed by atoms with Crippen LogP contribution in [-0.4, -0.2) is 79.0 Å². The van der Waals surface area contributed by atoms with Crippen LogP contribution in [0.4, 0.5) is 17.5 Å². The highest BCUT2D eigenvalue weighted by Crippen LogP contribution is 2.30. The van der Waals surface area contributed by atoms with Crippen molar-refractivity contribution < 1.29 is 4.79 Å². The summed E-state index contributed by atoms with van der Waals surface area (Å²) in [5, 5.41) is 26.6. The van der Waals surface area contributed by atoms with E-state index in [1.165, 1.54) is 0 Å². The van der Waals surface area contributed by atoms with Crippen molar-refractivity contribution in [2.24, 2.45) is 0 Å². The van der Waals surface area contributed by atoms with Gasteiger partial charge >= 0.3 is 0 Å². The van der Waals surface area contributed by atoms with Crippen molar-refractivity contribution in [1.82, 2.24) is 45.7 Å². The zero-order chi connectivity index (χ0) is 24.8. The number of aromatic amines is 1. The lowest BCUT2D eigenvalue weighted by atomic mass is 10.1. The molecule has 1 atom stereocenters. The maximum absolute atomic E-state index is 13.2. The molecule has 1 fully saturated rings. The van der Waals surface area contributed by atoms with Crippen molar-refractivity contribution >= 4 is 34.3 Å². The van der Waals surface area contributed by atoms with Gasteiger partial charge in [-0.3, -0.25) is 9.89 Å². The normalized spacial score (nSPS) is 18.0. The first-order valence-electron chi connectivity index (χ1n) is 11.8. The first-order valence-corrected chi connectivity index (χ1v) is 11.8. The van der Waals surface area contributed by atoms with Crippen LogP contribution in [0.3, 0.4) is 0 Å². The van der Waals surface area contributed by atoms with Crippen LogP contribution in [0.5, 0.6) is 0 Å². The third-order valence-electron chi connectivity index (χ3n) is 6.74. The molecule has 3 N–H and O–H groups in total. The second-order valence-corrected chi connectivity index (χ2v) is 9.11. The topological polar surface area (TPSA) is 146 Å². The number of piperazine rings is 1. The monoisotopic (exact) mass is 486 g/mol. The minimum Gasteiger partial charge on any atom is -0.354 e. The Bertz CT molecular complexity index is 1490. The van der Waals surface area contributed by atoms with E-state index in [9.17, 15) is 4.79 Å². The van der Waals surface area contributed by atoms with E-state index in [4.69, 9.17) is 0 Å². The molecule has 0 spiro atoms. The van der Waals surface area contributed by atoms with Crippen molar-refractivity contribution in [3.8, 4) is 11.4 Å². The molecule has 0 radical (unpaired) electrons. The fraction of sp³-hybridized carbons (Fsp3) is 0.348. The molecule has 1 saturated heterocycles. The van der Waals surface area contributed by atoms with Crippen molar-refractivity contribution in [2.75, 3.05) is 41.8 Å². The Kier molecular flexibility index (Phi) is 5.33. The quantitative estimate of drug-likeness (QED) is 0.384. The lowest BCUT2D eigenvalue weighted by Gasteiger charge is -2.32. The van der Waals surface area contributed by atoms with Crippen molar-refractivity contribution in [3.63, 3.8) is 0 Å². The molecule has 0 aliphatic carbocycles. The maximum Gasteiger partial charge on any atom is 0.255 e. The Morgan fingerprint density at radius 1 is 1.22 bits per heavy atom. The first-order chi connectivity index (χ1) is 17.5. The molecule has 2 aliphatic rings. The van der Waals surface area contributed by atoms with E-state index in [-0.39, 0.29) is 5.91 Å². The standard InChI is InChI=1S/C23H26N12O/c1-13-10-34(7-6-24-13)20-9-19(25-12-26-20)21-16-8-15(4-5-18(16)28-29-21)27-22(36)17-11-35-23(30-31-32-35)33(3)14(17)2/h4-5,8-9,12-13,24H,6-7,10-11H2,1-3H3,(H,27,36)(H,28,29). The van der Waals surface area contributed by atoms with Gasteiger partial charge in [0.15, 0.2) is 0 Å². The Hall–Kier alpha value is -4.39. The fourth-order valence-corrected chi connectivity index (χ4v) is 4.68. The number of rotatable bonds is 4. The summed E-state index contributed by atoms with van der Waals surface area (Å²) >= 11 is 0. The number of aromatic nitrogens is 8. The minimum atomic E-state index is -0.206. The Morgan fingerprint density at radius 3 is 2.97 bits per heavy atom. The lowest BCUT2D eigenvalue weighted by Crippen LogP contribution is -2.49. The number of allylic oxidation sites excluding steroid dienone is 1. The molecule has 13 heteroatoms. The molecule has 1 amide bonds. The summed E-state index contributed by atoms with van der Waals surface area (Å²) in [7, 11) is 1.84. The summed E-state index contributed by atoms with van der Waals surface area (Å²) in [5.41, 5.74) is 4.33. The third kappa shape index (κ3) is 3.82. The van der Waals surface area contributed by atoms with E-state index < -0.39 is 0 Å². The van der Waals surface area contributed by atoms with E-state index >= 15 is 0 Å². The van der Waals surface area contributed by atoms with Crippen molar-refractivity contribution in [2.45, 2.75) is 26.4 Å². The molecule has 184 valence electrons. The number of nitrogens with one attached hydrogen (secondary N) is 3. The molecule has 3 aromatic heterocycles. The number of H-pyrrole nitrogens is 1. The molecule has 1 aromatic carbocycles. The van der Waals surface area contributed by atoms with E-state index in [1.54, 1.807) is 11.0 Å². The number of carbonyl (C=O) groups is 1. The van der Waals surface area contributed by atoms with Gasteiger partial charge in [-0.15, -0.1) is 0 Å². The van der Waals surface area contributed by atoms with Gasteiger partial charge in [0.2, 0.25) is 5.95 Å². The van der Waals surface area contributed by atoms with Gasteiger partial charge in [0.25, 0.3) is 5.91 Å². The Morgan fingerprint density at radius 2 is 2.11 bits per heavy atom.